The summed E-state index contributed by atoms with van der Waals surface area (Å²) in [7, 11) is -3.59. The van der Waals surface area contributed by atoms with Gasteiger partial charge in [-0.2, -0.15) is 17.5 Å². The second kappa shape index (κ2) is 9.46. The normalized spacial score (nSPS) is 16.5. The molecule has 0 bridgehead atoms. The van der Waals surface area contributed by atoms with Crippen LogP contribution in [0, 0.1) is 12.8 Å². The van der Waals surface area contributed by atoms with Crippen molar-refractivity contribution in [2.45, 2.75) is 56.7 Å². The van der Waals surface area contributed by atoms with Gasteiger partial charge in [0.1, 0.15) is 11.5 Å². The molecule has 2 aromatic rings. The molecule has 0 unspecified atom stereocenters. The van der Waals surface area contributed by atoms with Crippen LogP contribution < -0.4 is 4.74 Å². The monoisotopic (exact) mass is 483 g/mol. The molecule has 1 heterocycles. The van der Waals surface area contributed by atoms with Crippen LogP contribution in [-0.2, 0) is 21.2 Å². The fourth-order valence-corrected chi connectivity index (χ4v) is 5.12. The first-order chi connectivity index (χ1) is 15.3. The molecule has 2 aromatic carbocycles. The van der Waals surface area contributed by atoms with Crippen molar-refractivity contribution in [2.75, 3.05) is 13.1 Å². The standard InChI is InChI=1S/C24H28F3NO4S/c1-17-4-10-21(11-5-17)33(30,31)28-14-12-19(13-15-28)22(29)16-18-6-8-20(9-7-18)32-23(2,3)24(25,26)27/h4-11,19H,12-16H2,1-3H3. The highest BCUT2D eigenvalue weighted by Gasteiger charge is 2.49. The molecule has 9 heteroatoms. The van der Waals surface area contributed by atoms with Crippen LogP contribution in [0.2, 0.25) is 0 Å². The Kier molecular flexibility index (Phi) is 7.24. The van der Waals surface area contributed by atoms with Crippen molar-refractivity contribution in [3.63, 3.8) is 0 Å². The molecule has 0 N–H and O–H groups in total. The largest absolute Gasteiger partial charge is 0.478 e. The van der Waals surface area contributed by atoms with Crippen LogP contribution in [0.25, 0.3) is 0 Å². The van der Waals surface area contributed by atoms with Crippen molar-refractivity contribution in [2.24, 2.45) is 5.92 Å². The van der Waals surface area contributed by atoms with Gasteiger partial charge in [0.15, 0.2) is 5.60 Å². The molecule has 1 fully saturated rings. The highest BCUT2D eigenvalue weighted by atomic mass is 32.2. The Morgan fingerprint density at radius 2 is 1.55 bits per heavy atom. The zero-order chi connectivity index (χ0) is 24.4. The minimum absolute atomic E-state index is 0.00771. The lowest BCUT2D eigenvalue weighted by Gasteiger charge is -2.30. The number of nitrogens with zero attached hydrogens (tertiary/aromatic N) is 1. The van der Waals surface area contributed by atoms with E-state index in [1.165, 1.54) is 16.4 Å². The first-order valence-corrected chi connectivity index (χ1v) is 12.2. The van der Waals surface area contributed by atoms with Gasteiger partial charge in [0, 0.05) is 25.4 Å². The predicted octanol–water partition coefficient (Wildman–Crippen LogP) is 4.93. The molecule has 1 aliphatic heterocycles. The number of carbonyl (C=O) groups is 1. The number of benzene rings is 2. The number of aryl methyl sites for hydroxylation is 1. The average molecular weight is 484 g/mol. The summed E-state index contributed by atoms with van der Waals surface area (Å²) in [5.74, 6) is -0.190. The second-order valence-corrected chi connectivity index (χ2v) is 10.8. The fourth-order valence-electron chi connectivity index (χ4n) is 3.65. The molecule has 5 nitrogen and oxygen atoms in total. The van der Waals surface area contributed by atoms with E-state index in [-0.39, 0.29) is 41.9 Å². The van der Waals surface area contributed by atoms with Crippen molar-refractivity contribution in [1.29, 1.82) is 0 Å². The number of rotatable bonds is 7. The average Bonchev–Trinajstić information content (AvgIpc) is 2.74. The molecule has 0 radical (unpaired) electrons. The summed E-state index contributed by atoms with van der Waals surface area (Å²) in [6.07, 6.45) is -3.50. The molecule has 1 saturated heterocycles. The maximum atomic E-state index is 13.0. The van der Waals surface area contributed by atoms with Crippen LogP contribution in [0.5, 0.6) is 5.75 Å². The smallest absolute Gasteiger partial charge is 0.427 e. The maximum absolute atomic E-state index is 13.0. The van der Waals surface area contributed by atoms with Crippen LogP contribution in [0.4, 0.5) is 13.2 Å². The van der Waals surface area contributed by atoms with E-state index in [9.17, 15) is 26.4 Å². The van der Waals surface area contributed by atoms with Gasteiger partial charge in [-0.05, 0) is 63.4 Å². The van der Waals surface area contributed by atoms with Gasteiger partial charge in [0.2, 0.25) is 10.0 Å². The summed E-state index contributed by atoms with van der Waals surface area (Å²) in [6, 6.07) is 12.7. The number of alkyl halides is 3. The number of piperidine rings is 1. The summed E-state index contributed by atoms with van der Waals surface area (Å²) in [5.41, 5.74) is -0.675. The first-order valence-electron chi connectivity index (χ1n) is 10.7. The highest BCUT2D eigenvalue weighted by molar-refractivity contribution is 7.89. The Labute approximate surface area is 192 Å². The lowest BCUT2D eigenvalue weighted by atomic mass is 9.90. The van der Waals surface area contributed by atoms with Crippen LogP contribution >= 0.6 is 0 Å². The number of hydrogen-bond donors (Lipinski definition) is 0. The quantitative estimate of drug-likeness (QED) is 0.560. The Bertz CT molecular complexity index is 1070. The van der Waals surface area contributed by atoms with Crippen molar-refractivity contribution in [1.82, 2.24) is 4.31 Å². The van der Waals surface area contributed by atoms with Gasteiger partial charge in [-0.25, -0.2) is 8.42 Å². The molecular weight excluding hydrogens is 455 g/mol. The van der Waals surface area contributed by atoms with E-state index in [4.69, 9.17) is 4.74 Å². The number of sulfonamides is 1. The molecular formula is C24H28F3NO4S. The highest BCUT2D eigenvalue weighted by Crippen LogP contribution is 2.34. The Balaban J connectivity index is 1.55. The number of ether oxygens (including phenoxy) is 1. The van der Waals surface area contributed by atoms with Crippen molar-refractivity contribution < 1.29 is 31.1 Å². The van der Waals surface area contributed by atoms with Gasteiger partial charge < -0.3 is 4.74 Å². The van der Waals surface area contributed by atoms with Crippen molar-refractivity contribution >= 4 is 15.8 Å². The molecule has 1 aliphatic rings. The number of hydrogen-bond acceptors (Lipinski definition) is 4. The molecule has 0 aliphatic carbocycles. The molecule has 0 aromatic heterocycles. The molecule has 3 rings (SSSR count). The molecule has 180 valence electrons. The van der Waals surface area contributed by atoms with E-state index in [0.717, 1.165) is 19.4 Å². The maximum Gasteiger partial charge on any atom is 0.427 e. The van der Waals surface area contributed by atoms with Gasteiger partial charge in [-0.1, -0.05) is 29.8 Å². The SMILES string of the molecule is Cc1ccc(S(=O)(=O)N2CCC(C(=O)Cc3ccc(OC(C)(C)C(F)(F)F)cc3)CC2)cc1. The van der Waals surface area contributed by atoms with E-state index in [1.54, 1.807) is 36.4 Å². The Morgan fingerprint density at radius 1 is 1.00 bits per heavy atom. The lowest BCUT2D eigenvalue weighted by molar-refractivity contribution is -0.234. The summed E-state index contributed by atoms with van der Waals surface area (Å²) >= 11 is 0. The third-order valence-corrected chi connectivity index (χ3v) is 7.84. The predicted molar refractivity (Wildman–Crippen MR) is 119 cm³/mol. The van der Waals surface area contributed by atoms with E-state index in [0.29, 0.717) is 18.4 Å². The topological polar surface area (TPSA) is 63.7 Å². The lowest BCUT2D eigenvalue weighted by Crippen LogP contribution is -2.44. The van der Waals surface area contributed by atoms with E-state index in [1.807, 2.05) is 6.92 Å². The summed E-state index contributed by atoms with van der Waals surface area (Å²) < 4.78 is 71.0. The first kappa shape index (κ1) is 25.2. The third-order valence-electron chi connectivity index (χ3n) is 5.93. The summed E-state index contributed by atoms with van der Waals surface area (Å²) in [4.78, 5) is 13.0. The number of ketones is 1. The van der Waals surface area contributed by atoms with Crippen LogP contribution in [0.3, 0.4) is 0 Å². The summed E-state index contributed by atoms with van der Waals surface area (Å²) in [6.45, 7) is 4.33. The zero-order valence-corrected chi connectivity index (χ0v) is 19.7. The second-order valence-electron chi connectivity index (χ2n) is 8.89. The van der Waals surface area contributed by atoms with Gasteiger partial charge in [-0.15, -0.1) is 0 Å². The molecule has 0 amide bonds. The van der Waals surface area contributed by atoms with Crippen LogP contribution in [0.1, 0.15) is 37.8 Å². The molecule has 0 saturated carbocycles. The van der Waals surface area contributed by atoms with Gasteiger partial charge in [-0.3, -0.25) is 4.79 Å². The zero-order valence-electron chi connectivity index (χ0n) is 18.9. The minimum Gasteiger partial charge on any atom is -0.478 e. The van der Waals surface area contributed by atoms with Crippen LogP contribution in [0.15, 0.2) is 53.4 Å². The molecule has 0 spiro atoms. The summed E-state index contributed by atoms with van der Waals surface area (Å²) in [5, 5.41) is 0. The number of carbonyl (C=O) groups excluding carboxylic acids is 1. The van der Waals surface area contributed by atoms with Gasteiger partial charge >= 0.3 is 6.18 Å². The molecule has 33 heavy (non-hydrogen) atoms. The Hall–Kier alpha value is -2.39. The minimum atomic E-state index is -4.51. The van der Waals surface area contributed by atoms with Gasteiger partial charge in [0.05, 0.1) is 4.90 Å². The fraction of sp³-hybridized carbons (Fsp3) is 0.458. The van der Waals surface area contributed by atoms with Crippen molar-refractivity contribution in [3.05, 3.63) is 59.7 Å². The number of Topliss-reactive ketones (excluding diaryl/α,β-unsaturated/α-hetero) is 1. The van der Waals surface area contributed by atoms with E-state index < -0.39 is 21.8 Å². The van der Waals surface area contributed by atoms with Crippen molar-refractivity contribution in [3.8, 4) is 5.75 Å². The number of halogens is 3. The molecule has 0 atom stereocenters. The Morgan fingerprint density at radius 3 is 2.06 bits per heavy atom. The van der Waals surface area contributed by atoms with Crippen LogP contribution in [-0.4, -0.2) is 43.4 Å². The van der Waals surface area contributed by atoms with E-state index >= 15 is 0 Å². The van der Waals surface area contributed by atoms with E-state index in [2.05, 4.69) is 0 Å². The third kappa shape index (κ3) is 5.95. The van der Waals surface area contributed by atoms with Gasteiger partial charge in [0.25, 0.3) is 0 Å².